The molecule has 1 atom stereocenters. The van der Waals surface area contributed by atoms with E-state index in [0.717, 1.165) is 4.90 Å². The molecule has 0 aliphatic carbocycles. The smallest absolute Gasteiger partial charge is 0.326 e. The second-order valence-corrected chi connectivity index (χ2v) is 5.37. The van der Waals surface area contributed by atoms with Gasteiger partial charge in [-0.05, 0) is 43.5 Å². The lowest BCUT2D eigenvalue weighted by Gasteiger charge is -2.21. The number of hydrogen-bond acceptors (Lipinski definition) is 4. The molecule has 0 aliphatic rings. The monoisotopic (exact) mass is 307 g/mol. The lowest BCUT2D eigenvalue weighted by molar-refractivity contribution is -0.115. The standard InChI is InChI=1S/C16H25N3O3/c1-12(2)14-5-7-15(8-6-14)22-13(3)18-16(21)19(11-20)10-4-9-17/h5-8,11-13H,4,9-10,17H2,1-3H3,(H,18,21). The molecular formula is C16H25N3O3. The zero-order valence-electron chi connectivity index (χ0n) is 13.4. The molecule has 3 N–H and O–H groups in total. The van der Waals surface area contributed by atoms with Gasteiger partial charge in [0.2, 0.25) is 6.41 Å². The summed E-state index contributed by atoms with van der Waals surface area (Å²) < 4.78 is 5.62. The van der Waals surface area contributed by atoms with Gasteiger partial charge in [0.05, 0.1) is 0 Å². The Morgan fingerprint density at radius 1 is 1.32 bits per heavy atom. The third kappa shape index (κ3) is 5.73. The van der Waals surface area contributed by atoms with Gasteiger partial charge < -0.3 is 15.8 Å². The molecule has 0 aromatic heterocycles. The predicted octanol–water partition coefficient (Wildman–Crippen LogP) is 2.05. The first-order valence-corrected chi connectivity index (χ1v) is 7.47. The van der Waals surface area contributed by atoms with Gasteiger partial charge in [0, 0.05) is 6.54 Å². The molecule has 0 bridgehead atoms. The molecule has 0 saturated carbocycles. The molecule has 0 saturated heterocycles. The van der Waals surface area contributed by atoms with Crippen LogP contribution in [0.3, 0.4) is 0 Å². The number of hydrogen-bond donors (Lipinski definition) is 2. The molecule has 1 aromatic rings. The summed E-state index contributed by atoms with van der Waals surface area (Å²) >= 11 is 0. The maximum Gasteiger partial charge on any atom is 0.326 e. The predicted molar refractivity (Wildman–Crippen MR) is 85.6 cm³/mol. The van der Waals surface area contributed by atoms with Gasteiger partial charge in [-0.2, -0.15) is 0 Å². The fraction of sp³-hybridized carbons (Fsp3) is 0.500. The third-order valence-electron chi connectivity index (χ3n) is 3.18. The summed E-state index contributed by atoms with van der Waals surface area (Å²) in [5.41, 5.74) is 6.59. The van der Waals surface area contributed by atoms with Gasteiger partial charge in [-0.25, -0.2) is 4.79 Å². The molecule has 6 nitrogen and oxygen atoms in total. The van der Waals surface area contributed by atoms with Crippen molar-refractivity contribution in [2.75, 3.05) is 13.1 Å². The van der Waals surface area contributed by atoms with Crippen molar-refractivity contribution in [2.45, 2.75) is 39.3 Å². The SMILES string of the molecule is CC(NC(=O)N(C=O)CCCN)Oc1ccc(C(C)C)cc1. The van der Waals surface area contributed by atoms with Crippen molar-refractivity contribution in [3.63, 3.8) is 0 Å². The number of carbonyl (C=O) groups excluding carboxylic acids is 2. The van der Waals surface area contributed by atoms with E-state index in [2.05, 4.69) is 19.2 Å². The van der Waals surface area contributed by atoms with E-state index in [1.807, 2.05) is 24.3 Å². The van der Waals surface area contributed by atoms with Crippen molar-refractivity contribution in [3.8, 4) is 5.75 Å². The fourth-order valence-electron chi connectivity index (χ4n) is 1.89. The van der Waals surface area contributed by atoms with Crippen LogP contribution in [0.15, 0.2) is 24.3 Å². The summed E-state index contributed by atoms with van der Waals surface area (Å²) in [5.74, 6) is 1.12. The van der Waals surface area contributed by atoms with Crippen LogP contribution in [0.5, 0.6) is 5.75 Å². The number of ether oxygens (including phenoxy) is 1. The van der Waals surface area contributed by atoms with Crippen molar-refractivity contribution in [1.29, 1.82) is 0 Å². The molecule has 0 spiro atoms. The van der Waals surface area contributed by atoms with Crippen molar-refractivity contribution in [3.05, 3.63) is 29.8 Å². The summed E-state index contributed by atoms with van der Waals surface area (Å²) in [4.78, 5) is 23.8. The van der Waals surface area contributed by atoms with Gasteiger partial charge in [0.1, 0.15) is 5.75 Å². The molecular weight excluding hydrogens is 282 g/mol. The topological polar surface area (TPSA) is 84.7 Å². The van der Waals surface area contributed by atoms with E-state index < -0.39 is 12.3 Å². The van der Waals surface area contributed by atoms with Crippen molar-refractivity contribution < 1.29 is 14.3 Å². The summed E-state index contributed by atoms with van der Waals surface area (Å²) in [5, 5.41) is 2.62. The zero-order chi connectivity index (χ0) is 16.5. The number of carbonyl (C=O) groups is 2. The lowest BCUT2D eigenvalue weighted by Crippen LogP contribution is -2.45. The Morgan fingerprint density at radius 3 is 2.45 bits per heavy atom. The summed E-state index contributed by atoms with van der Waals surface area (Å²) in [6.45, 7) is 6.66. The van der Waals surface area contributed by atoms with Crippen LogP contribution in [0.1, 0.15) is 38.7 Å². The molecule has 0 radical (unpaired) electrons. The number of amides is 3. The number of rotatable bonds is 8. The molecule has 0 fully saturated rings. The average molecular weight is 307 g/mol. The number of benzene rings is 1. The van der Waals surface area contributed by atoms with Crippen LogP contribution in [0.2, 0.25) is 0 Å². The van der Waals surface area contributed by atoms with Crippen molar-refractivity contribution >= 4 is 12.4 Å². The Kier molecular flexibility index (Phi) is 7.39. The van der Waals surface area contributed by atoms with Gasteiger partial charge in [0.25, 0.3) is 0 Å². The van der Waals surface area contributed by atoms with Crippen LogP contribution in [-0.4, -0.2) is 36.7 Å². The molecule has 1 rings (SSSR count). The van der Waals surface area contributed by atoms with E-state index in [9.17, 15) is 9.59 Å². The molecule has 122 valence electrons. The van der Waals surface area contributed by atoms with Crippen LogP contribution >= 0.6 is 0 Å². The van der Waals surface area contributed by atoms with Gasteiger partial charge in [0.15, 0.2) is 6.23 Å². The van der Waals surface area contributed by atoms with Crippen molar-refractivity contribution in [1.82, 2.24) is 10.2 Å². The van der Waals surface area contributed by atoms with E-state index in [1.165, 1.54) is 5.56 Å². The Bertz CT molecular complexity index is 474. The highest BCUT2D eigenvalue weighted by molar-refractivity contribution is 5.84. The maximum absolute atomic E-state index is 11.9. The largest absolute Gasteiger partial charge is 0.471 e. The molecule has 1 aromatic carbocycles. The molecule has 6 heteroatoms. The van der Waals surface area contributed by atoms with E-state index in [4.69, 9.17) is 10.5 Å². The van der Waals surface area contributed by atoms with Crippen LogP contribution in [0.25, 0.3) is 0 Å². The average Bonchev–Trinajstić information content (AvgIpc) is 2.48. The quantitative estimate of drug-likeness (QED) is 0.568. The molecule has 1 unspecified atom stereocenters. The maximum atomic E-state index is 11.9. The third-order valence-corrected chi connectivity index (χ3v) is 3.18. The second kappa shape index (κ2) is 9.04. The number of urea groups is 1. The van der Waals surface area contributed by atoms with E-state index >= 15 is 0 Å². The van der Waals surface area contributed by atoms with E-state index in [1.54, 1.807) is 6.92 Å². The number of nitrogens with one attached hydrogen (secondary N) is 1. The minimum atomic E-state index is -0.544. The molecule has 22 heavy (non-hydrogen) atoms. The highest BCUT2D eigenvalue weighted by atomic mass is 16.5. The number of nitrogens with zero attached hydrogens (tertiary/aromatic N) is 1. The summed E-state index contributed by atoms with van der Waals surface area (Å²) in [6, 6.07) is 7.23. The fourth-order valence-corrected chi connectivity index (χ4v) is 1.89. The Labute approximate surface area is 131 Å². The number of imide groups is 1. The summed E-state index contributed by atoms with van der Waals surface area (Å²) in [6.07, 6.45) is 0.519. The van der Waals surface area contributed by atoms with E-state index in [0.29, 0.717) is 37.6 Å². The van der Waals surface area contributed by atoms with Crippen LogP contribution in [0.4, 0.5) is 4.79 Å². The van der Waals surface area contributed by atoms with E-state index in [-0.39, 0.29) is 0 Å². The molecule has 0 aliphatic heterocycles. The zero-order valence-corrected chi connectivity index (χ0v) is 13.4. The Balaban J connectivity index is 2.52. The molecule has 0 heterocycles. The second-order valence-electron chi connectivity index (χ2n) is 5.37. The van der Waals surface area contributed by atoms with Gasteiger partial charge in [-0.3, -0.25) is 9.69 Å². The van der Waals surface area contributed by atoms with Gasteiger partial charge >= 0.3 is 6.03 Å². The minimum absolute atomic E-state index is 0.293. The van der Waals surface area contributed by atoms with Gasteiger partial charge in [-0.1, -0.05) is 26.0 Å². The van der Waals surface area contributed by atoms with Crippen LogP contribution in [-0.2, 0) is 4.79 Å². The van der Waals surface area contributed by atoms with Crippen LogP contribution < -0.4 is 15.8 Å². The first-order valence-electron chi connectivity index (χ1n) is 7.47. The normalized spacial score (nSPS) is 11.9. The highest BCUT2D eigenvalue weighted by Crippen LogP contribution is 2.19. The lowest BCUT2D eigenvalue weighted by atomic mass is 10.0. The first kappa shape index (κ1) is 18.0. The summed E-state index contributed by atoms with van der Waals surface area (Å²) in [7, 11) is 0. The van der Waals surface area contributed by atoms with Crippen LogP contribution in [0, 0.1) is 0 Å². The highest BCUT2D eigenvalue weighted by Gasteiger charge is 2.15. The minimum Gasteiger partial charge on any atom is -0.471 e. The first-order chi connectivity index (χ1) is 10.5. The number of nitrogens with two attached hydrogens (primary N) is 1. The van der Waals surface area contributed by atoms with Gasteiger partial charge in [-0.15, -0.1) is 0 Å². The van der Waals surface area contributed by atoms with Crippen molar-refractivity contribution in [2.24, 2.45) is 5.73 Å². The molecule has 3 amide bonds. The Hall–Kier alpha value is -2.08. The Morgan fingerprint density at radius 2 is 1.95 bits per heavy atom.